The van der Waals surface area contributed by atoms with Gasteiger partial charge in [-0.1, -0.05) is 18.2 Å². The molecule has 0 aliphatic rings. The van der Waals surface area contributed by atoms with E-state index in [4.69, 9.17) is 4.74 Å². The molecule has 0 spiro atoms. The minimum Gasteiger partial charge on any atom is -0.381 e. The largest absolute Gasteiger partial charge is 0.381 e. The molecule has 0 saturated heterocycles. The Kier molecular flexibility index (Phi) is 5.25. The Labute approximate surface area is 117 Å². The SMILES string of the molecule is CCOCCC(=O)NCc1ccccc1-n1cncn1. The molecule has 6 heteroatoms. The zero-order valence-electron chi connectivity index (χ0n) is 11.5. The lowest BCUT2D eigenvalue weighted by molar-refractivity contribution is -0.122. The third kappa shape index (κ3) is 3.89. The quantitative estimate of drug-likeness (QED) is 0.773. The van der Waals surface area contributed by atoms with E-state index in [1.807, 2.05) is 31.2 Å². The first-order valence-electron chi connectivity index (χ1n) is 6.58. The van der Waals surface area contributed by atoms with Crippen molar-refractivity contribution in [3.8, 4) is 5.69 Å². The summed E-state index contributed by atoms with van der Waals surface area (Å²) in [5.41, 5.74) is 1.90. The molecular weight excluding hydrogens is 256 g/mol. The van der Waals surface area contributed by atoms with Crippen LogP contribution in [-0.4, -0.2) is 33.9 Å². The van der Waals surface area contributed by atoms with Crippen LogP contribution in [0.5, 0.6) is 0 Å². The fourth-order valence-corrected chi connectivity index (χ4v) is 1.81. The average molecular weight is 274 g/mol. The van der Waals surface area contributed by atoms with Crippen LogP contribution in [-0.2, 0) is 16.1 Å². The van der Waals surface area contributed by atoms with E-state index >= 15 is 0 Å². The molecule has 1 amide bonds. The summed E-state index contributed by atoms with van der Waals surface area (Å²) in [6.45, 7) is 3.45. The van der Waals surface area contributed by atoms with Crippen LogP contribution in [0.3, 0.4) is 0 Å². The van der Waals surface area contributed by atoms with E-state index in [0.29, 0.717) is 26.2 Å². The lowest BCUT2D eigenvalue weighted by atomic mass is 10.2. The van der Waals surface area contributed by atoms with E-state index in [-0.39, 0.29) is 5.91 Å². The van der Waals surface area contributed by atoms with E-state index in [1.165, 1.54) is 6.33 Å². The monoisotopic (exact) mass is 274 g/mol. The molecule has 0 atom stereocenters. The van der Waals surface area contributed by atoms with Gasteiger partial charge in [0.05, 0.1) is 12.3 Å². The Morgan fingerprint density at radius 3 is 3.00 bits per heavy atom. The second kappa shape index (κ2) is 7.40. The van der Waals surface area contributed by atoms with Crippen LogP contribution in [0.4, 0.5) is 0 Å². The molecule has 1 heterocycles. The Hall–Kier alpha value is -2.21. The molecule has 0 saturated carbocycles. The molecule has 0 aliphatic carbocycles. The fourth-order valence-electron chi connectivity index (χ4n) is 1.81. The van der Waals surface area contributed by atoms with Gasteiger partial charge < -0.3 is 10.1 Å². The number of nitrogens with zero attached hydrogens (tertiary/aromatic N) is 3. The van der Waals surface area contributed by atoms with Gasteiger partial charge in [-0.05, 0) is 18.6 Å². The minimum atomic E-state index is -0.0214. The van der Waals surface area contributed by atoms with Gasteiger partial charge in [0.15, 0.2) is 0 Å². The summed E-state index contributed by atoms with van der Waals surface area (Å²) in [7, 11) is 0. The number of aromatic nitrogens is 3. The van der Waals surface area contributed by atoms with E-state index in [0.717, 1.165) is 11.3 Å². The van der Waals surface area contributed by atoms with Crippen molar-refractivity contribution in [3.63, 3.8) is 0 Å². The van der Waals surface area contributed by atoms with Crippen molar-refractivity contribution in [2.75, 3.05) is 13.2 Å². The summed E-state index contributed by atoms with van der Waals surface area (Å²) in [4.78, 5) is 15.6. The highest BCUT2D eigenvalue weighted by Gasteiger charge is 2.06. The molecule has 2 rings (SSSR count). The number of ether oxygens (including phenoxy) is 1. The standard InChI is InChI=1S/C14H18N4O2/c1-2-20-8-7-14(19)16-9-12-5-3-4-6-13(12)18-11-15-10-17-18/h3-6,10-11H,2,7-9H2,1H3,(H,16,19). The summed E-state index contributed by atoms with van der Waals surface area (Å²) < 4.78 is 6.84. The fraction of sp³-hybridized carbons (Fsp3) is 0.357. The molecular formula is C14H18N4O2. The summed E-state index contributed by atoms with van der Waals surface area (Å²) in [6, 6.07) is 7.76. The maximum absolute atomic E-state index is 11.7. The van der Waals surface area contributed by atoms with Crippen LogP contribution in [0.2, 0.25) is 0 Å². The van der Waals surface area contributed by atoms with Gasteiger partial charge in [-0.3, -0.25) is 4.79 Å². The van der Waals surface area contributed by atoms with E-state index in [1.54, 1.807) is 11.0 Å². The van der Waals surface area contributed by atoms with Gasteiger partial charge in [-0.2, -0.15) is 5.10 Å². The highest BCUT2D eigenvalue weighted by molar-refractivity contribution is 5.76. The number of para-hydroxylation sites is 1. The van der Waals surface area contributed by atoms with Gasteiger partial charge in [0, 0.05) is 19.6 Å². The number of hydrogen-bond donors (Lipinski definition) is 1. The van der Waals surface area contributed by atoms with Crippen molar-refractivity contribution in [3.05, 3.63) is 42.5 Å². The molecule has 0 aliphatic heterocycles. The summed E-state index contributed by atoms with van der Waals surface area (Å²) in [5.74, 6) is -0.0214. The predicted octanol–water partition coefficient (Wildman–Crippen LogP) is 1.31. The summed E-state index contributed by atoms with van der Waals surface area (Å²) in [6.07, 6.45) is 3.49. The van der Waals surface area contributed by atoms with E-state index < -0.39 is 0 Å². The van der Waals surface area contributed by atoms with Crippen molar-refractivity contribution in [2.24, 2.45) is 0 Å². The highest BCUT2D eigenvalue weighted by Crippen LogP contribution is 2.12. The first kappa shape index (κ1) is 14.2. The molecule has 106 valence electrons. The number of carbonyl (C=O) groups is 1. The Morgan fingerprint density at radius 1 is 1.40 bits per heavy atom. The molecule has 1 aromatic carbocycles. The first-order valence-corrected chi connectivity index (χ1v) is 6.58. The number of amides is 1. The van der Waals surface area contributed by atoms with Crippen LogP contribution in [0.1, 0.15) is 18.9 Å². The van der Waals surface area contributed by atoms with Gasteiger partial charge >= 0.3 is 0 Å². The number of carbonyl (C=O) groups excluding carboxylic acids is 1. The van der Waals surface area contributed by atoms with Crippen molar-refractivity contribution >= 4 is 5.91 Å². The lowest BCUT2D eigenvalue weighted by Crippen LogP contribution is -2.24. The lowest BCUT2D eigenvalue weighted by Gasteiger charge is -2.10. The van der Waals surface area contributed by atoms with Crippen LogP contribution in [0, 0.1) is 0 Å². The average Bonchev–Trinajstić information content (AvgIpc) is 3.00. The molecule has 0 unspecified atom stereocenters. The molecule has 0 fully saturated rings. The molecule has 1 N–H and O–H groups in total. The van der Waals surface area contributed by atoms with Crippen molar-refractivity contribution < 1.29 is 9.53 Å². The summed E-state index contributed by atoms with van der Waals surface area (Å²) in [5, 5.41) is 6.99. The molecule has 1 aromatic heterocycles. The molecule has 0 radical (unpaired) electrons. The number of benzene rings is 1. The van der Waals surface area contributed by atoms with Gasteiger partial charge in [0.2, 0.25) is 5.91 Å². The zero-order valence-corrected chi connectivity index (χ0v) is 11.5. The molecule has 2 aromatic rings. The topological polar surface area (TPSA) is 69.0 Å². The Bertz CT molecular complexity index is 540. The smallest absolute Gasteiger partial charge is 0.222 e. The molecule has 0 bridgehead atoms. The van der Waals surface area contributed by atoms with Crippen LogP contribution >= 0.6 is 0 Å². The van der Waals surface area contributed by atoms with Crippen LogP contribution < -0.4 is 5.32 Å². The van der Waals surface area contributed by atoms with E-state index in [9.17, 15) is 4.79 Å². The Morgan fingerprint density at radius 2 is 2.25 bits per heavy atom. The summed E-state index contributed by atoms with van der Waals surface area (Å²) >= 11 is 0. The third-order valence-electron chi connectivity index (χ3n) is 2.81. The normalized spacial score (nSPS) is 10.4. The van der Waals surface area contributed by atoms with Crippen molar-refractivity contribution in [1.82, 2.24) is 20.1 Å². The highest BCUT2D eigenvalue weighted by atomic mass is 16.5. The second-order valence-corrected chi connectivity index (χ2v) is 4.19. The third-order valence-corrected chi connectivity index (χ3v) is 2.81. The Balaban J connectivity index is 1.95. The first-order chi connectivity index (χ1) is 9.81. The van der Waals surface area contributed by atoms with Crippen molar-refractivity contribution in [2.45, 2.75) is 19.9 Å². The number of hydrogen-bond acceptors (Lipinski definition) is 4. The molecule has 6 nitrogen and oxygen atoms in total. The van der Waals surface area contributed by atoms with Gasteiger partial charge in [0.25, 0.3) is 0 Å². The maximum Gasteiger partial charge on any atom is 0.222 e. The van der Waals surface area contributed by atoms with Crippen LogP contribution in [0.25, 0.3) is 5.69 Å². The van der Waals surface area contributed by atoms with Crippen molar-refractivity contribution in [1.29, 1.82) is 0 Å². The number of rotatable bonds is 7. The zero-order chi connectivity index (χ0) is 14.2. The van der Waals surface area contributed by atoms with Gasteiger partial charge in [-0.25, -0.2) is 9.67 Å². The van der Waals surface area contributed by atoms with E-state index in [2.05, 4.69) is 15.4 Å². The molecule has 20 heavy (non-hydrogen) atoms. The maximum atomic E-state index is 11.7. The van der Waals surface area contributed by atoms with Crippen LogP contribution in [0.15, 0.2) is 36.9 Å². The number of nitrogens with one attached hydrogen (secondary N) is 1. The predicted molar refractivity (Wildman–Crippen MR) is 74.3 cm³/mol. The van der Waals surface area contributed by atoms with Gasteiger partial charge in [-0.15, -0.1) is 0 Å². The minimum absolute atomic E-state index is 0.0214. The second-order valence-electron chi connectivity index (χ2n) is 4.19. The van der Waals surface area contributed by atoms with Gasteiger partial charge in [0.1, 0.15) is 12.7 Å².